The first-order valence-corrected chi connectivity index (χ1v) is 7.48. The maximum atomic E-state index is 5.98. The molecule has 0 spiro atoms. The van der Waals surface area contributed by atoms with E-state index in [9.17, 15) is 0 Å². The van der Waals surface area contributed by atoms with Crippen molar-refractivity contribution in [2.75, 3.05) is 6.54 Å². The molecular formula is C17H26N2O. The number of rotatable bonds is 4. The van der Waals surface area contributed by atoms with Crippen LogP contribution in [0.1, 0.15) is 58.9 Å². The standard InChI is InChI=1S/C17H26N2O/c1-6-17(7-2,11-18)15-19-13-10-12(16(3,4)5)8-9-14(13)20-15/h8-10H,6-7,11,18H2,1-5H3. The second-order valence-electron chi connectivity index (χ2n) is 6.64. The van der Waals surface area contributed by atoms with Crippen molar-refractivity contribution >= 4 is 11.1 Å². The van der Waals surface area contributed by atoms with Crippen LogP contribution in [0.2, 0.25) is 0 Å². The Morgan fingerprint density at radius 1 is 1.15 bits per heavy atom. The third kappa shape index (κ3) is 2.47. The van der Waals surface area contributed by atoms with Gasteiger partial charge in [0.15, 0.2) is 5.58 Å². The van der Waals surface area contributed by atoms with E-state index >= 15 is 0 Å². The van der Waals surface area contributed by atoms with Crippen molar-refractivity contribution in [2.24, 2.45) is 5.73 Å². The fourth-order valence-corrected chi connectivity index (χ4v) is 2.55. The molecule has 110 valence electrons. The van der Waals surface area contributed by atoms with Crippen LogP contribution in [0.25, 0.3) is 11.1 Å². The lowest BCUT2D eigenvalue weighted by Crippen LogP contribution is -2.34. The van der Waals surface area contributed by atoms with Crippen molar-refractivity contribution in [2.45, 2.75) is 58.3 Å². The summed E-state index contributed by atoms with van der Waals surface area (Å²) in [4.78, 5) is 4.73. The molecule has 0 bridgehead atoms. The summed E-state index contributed by atoms with van der Waals surface area (Å²) >= 11 is 0. The zero-order valence-corrected chi connectivity index (χ0v) is 13.3. The van der Waals surface area contributed by atoms with E-state index in [0.29, 0.717) is 6.54 Å². The first-order chi connectivity index (χ1) is 9.36. The molecule has 2 aromatic rings. The molecule has 3 nitrogen and oxygen atoms in total. The summed E-state index contributed by atoms with van der Waals surface area (Å²) in [5.41, 5.74) is 9.03. The Morgan fingerprint density at radius 2 is 1.80 bits per heavy atom. The third-order valence-electron chi connectivity index (χ3n) is 4.45. The van der Waals surface area contributed by atoms with Gasteiger partial charge in [-0.05, 0) is 36.0 Å². The highest BCUT2D eigenvalue weighted by atomic mass is 16.3. The van der Waals surface area contributed by atoms with Gasteiger partial charge in [-0.1, -0.05) is 40.7 Å². The summed E-state index contributed by atoms with van der Waals surface area (Å²) in [7, 11) is 0. The number of benzene rings is 1. The van der Waals surface area contributed by atoms with E-state index in [0.717, 1.165) is 29.8 Å². The topological polar surface area (TPSA) is 52.0 Å². The number of hydrogen-bond donors (Lipinski definition) is 1. The smallest absolute Gasteiger partial charge is 0.202 e. The Balaban J connectivity index is 2.54. The number of aromatic nitrogens is 1. The van der Waals surface area contributed by atoms with Gasteiger partial charge in [-0.15, -0.1) is 0 Å². The van der Waals surface area contributed by atoms with Crippen LogP contribution in [-0.2, 0) is 10.8 Å². The first kappa shape index (κ1) is 15.0. The summed E-state index contributed by atoms with van der Waals surface area (Å²) < 4.78 is 5.98. The van der Waals surface area contributed by atoms with Crippen LogP contribution < -0.4 is 5.73 Å². The molecule has 0 radical (unpaired) electrons. The molecule has 20 heavy (non-hydrogen) atoms. The minimum Gasteiger partial charge on any atom is -0.440 e. The van der Waals surface area contributed by atoms with Crippen LogP contribution in [0.5, 0.6) is 0 Å². The predicted molar refractivity (Wildman–Crippen MR) is 84.0 cm³/mol. The van der Waals surface area contributed by atoms with Crippen LogP contribution >= 0.6 is 0 Å². The lowest BCUT2D eigenvalue weighted by molar-refractivity contribution is 0.316. The molecule has 0 fully saturated rings. The van der Waals surface area contributed by atoms with E-state index in [1.807, 2.05) is 6.07 Å². The number of fused-ring (bicyclic) bond motifs is 1. The van der Waals surface area contributed by atoms with Crippen LogP contribution in [0, 0.1) is 0 Å². The molecule has 1 heterocycles. The van der Waals surface area contributed by atoms with E-state index < -0.39 is 0 Å². The summed E-state index contributed by atoms with van der Waals surface area (Å²) in [6, 6.07) is 6.28. The highest BCUT2D eigenvalue weighted by Crippen LogP contribution is 2.33. The van der Waals surface area contributed by atoms with Gasteiger partial charge in [0.05, 0.1) is 5.41 Å². The van der Waals surface area contributed by atoms with Gasteiger partial charge in [0.25, 0.3) is 0 Å². The fraction of sp³-hybridized carbons (Fsp3) is 0.588. The number of oxazole rings is 1. The van der Waals surface area contributed by atoms with Gasteiger partial charge in [-0.2, -0.15) is 0 Å². The minimum absolute atomic E-state index is 0.119. The molecule has 2 N–H and O–H groups in total. The van der Waals surface area contributed by atoms with Gasteiger partial charge in [-0.3, -0.25) is 0 Å². The second-order valence-corrected chi connectivity index (χ2v) is 6.64. The van der Waals surface area contributed by atoms with Crippen molar-refractivity contribution < 1.29 is 4.42 Å². The van der Waals surface area contributed by atoms with Crippen LogP contribution in [-0.4, -0.2) is 11.5 Å². The fourth-order valence-electron chi connectivity index (χ4n) is 2.55. The molecular weight excluding hydrogens is 248 g/mol. The molecule has 2 rings (SSSR count). The normalized spacial score (nSPS) is 13.1. The Kier molecular flexibility index (Phi) is 3.92. The van der Waals surface area contributed by atoms with Gasteiger partial charge in [0.1, 0.15) is 5.52 Å². The molecule has 0 aliphatic heterocycles. The summed E-state index contributed by atoms with van der Waals surface area (Å²) in [5, 5.41) is 0. The Hall–Kier alpha value is -1.35. The first-order valence-electron chi connectivity index (χ1n) is 7.48. The van der Waals surface area contributed by atoms with Crippen LogP contribution in [0.15, 0.2) is 22.6 Å². The van der Waals surface area contributed by atoms with Crippen molar-refractivity contribution in [3.05, 3.63) is 29.7 Å². The lowest BCUT2D eigenvalue weighted by Gasteiger charge is -2.25. The number of nitrogens with zero attached hydrogens (tertiary/aromatic N) is 1. The zero-order valence-electron chi connectivity index (χ0n) is 13.3. The molecule has 0 saturated heterocycles. The SMILES string of the molecule is CCC(CC)(CN)c1nc2cc(C(C)(C)C)ccc2o1. The maximum Gasteiger partial charge on any atom is 0.202 e. The van der Waals surface area contributed by atoms with E-state index in [2.05, 4.69) is 46.8 Å². The van der Waals surface area contributed by atoms with E-state index in [1.165, 1.54) is 5.56 Å². The molecule has 3 heteroatoms. The Labute approximate surface area is 121 Å². The molecule has 0 unspecified atom stereocenters. The monoisotopic (exact) mass is 274 g/mol. The quantitative estimate of drug-likeness (QED) is 0.911. The molecule has 1 aromatic heterocycles. The predicted octanol–water partition coefficient (Wildman–Crippen LogP) is 4.14. The van der Waals surface area contributed by atoms with Crippen molar-refractivity contribution in [3.8, 4) is 0 Å². The summed E-state index contributed by atoms with van der Waals surface area (Å²) in [5.74, 6) is 0.783. The van der Waals surface area contributed by atoms with Gasteiger partial charge < -0.3 is 10.2 Å². The van der Waals surface area contributed by atoms with Gasteiger partial charge in [0, 0.05) is 6.54 Å². The van der Waals surface area contributed by atoms with Crippen molar-refractivity contribution in [1.82, 2.24) is 4.98 Å². The molecule has 0 aliphatic carbocycles. The van der Waals surface area contributed by atoms with Crippen LogP contribution in [0.3, 0.4) is 0 Å². The molecule has 1 aromatic carbocycles. The molecule has 0 amide bonds. The lowest BCUT2D eigenvalue weighted by atomic mass is 9.82. The Morgan fingerprint density at radius 3 is 2.30 bits per heavy atom. The average Bonchev–Trinajstić information content (AvgIpc) is 2.83. The van der Waals surface area contributed by atoms with Crippen molar-refractivity contribution in [1.29, 1.82) is 0 Å². The number of nitrogens with two attached hydrogens (primary N) is 1. The highest BCUT2D eigenvalue weighted by molar-refractivity contribution is 5.74. The van der Waals surface area contributed by atoms with Gasteiger partial charge >= 0.3 is 0 Å². The van der Waals surface area contributed by atoms with E-state index in [-0.39, 0.29) is 10.8 Å². The van der Waals surface area contributed by atoms with Gasteiger partial charge in [0.2, 0.25) is 5.89 Å². The number of hydrogen-bond acceptors (Lipinski definition) is 3. The molecule has 0 atom stereocenters. The minimum atomic E-state index is -0.138. The third-order valence-corrected chi connectivity index (χ3v) is 4.45. The summed E-state index contributed by atoms with van der Waals surface area (Å²) in [6.07, 6.45) is 1.89. The Bertz CT molecular complexity index is 580. The van der Waals surface area contributed by atoms with Crippen LogP contribution in [0.4, 0.5) is 0 Å². The van der Waals surface area contributed by atoms with Gasteiger partial charge in [-0.25, -0.2) is 4.98 Å². The zero-order chi connectivity index (χ0) is 15.0. The average molecular weight is 274 g/mol. The molecule has 0 saturated carbocycles. The second kappa shape index (κ2) is 5.21. The van der Waals surface area contributed by atoms with Crippen molar-refractivity contribution in [3.63, 3.8) is 0 Å². The maximum absolute atomic E-state index is 5.98. The summed E-state index contributed by atoms with van der Waals surface area (Å²) in [6.45, 7) is 11.5. The largest absolute Gasteiger partial charge is 0.440 e. The van der Waals surface area contributed by atoms with E-state index in [4.69, 9.17) is 15.1 Å². The highest BCUT2D eigenvalue weighted by Gasteiger charge is 2.32. The van der Waals surface area contributed by atoms with E-state index in [1.54, 1.807) is 0 Å². The molecule has 0 aliphatic rings.